The van der Waals surface area contributed by atoms with Gasteiger partial charge in [-0.15, -0.1) is 6.58 Å². The molecule has 3 aromatic heterocycles. The van der Waals surface area contributed by atoms with Gasteiger partial charge in [-0.05, 0) is 25.5 Å². The lowest BCUT2D eigenvalue weighted by Gasteiger charge is -2.07. The van der Waals surface area contributed by atoms with Crippen LogP contribution in [-0.2, 0) is 25.4 Å². The molecule has 4 aromatic rings. The molecular weight excluding hydrogens is 412 g/mol. The summed E-state index contributed by atoms with van der Waals surface area (Å²) in [7, 11) is 0. The lowest BCUT2D eigenvalue weighted by atomic mass is 10.3. The third-order valence-electron chi connectivity index (χ3n) is 5.28. The van der Waals surface area contributed by atoms with Crippen LogP contribution in [0.15, 0.2) is 51.7 Å². The Morgan fingerprint density at radius 3 is 2.68 bits per heavy atom. The van der Waals surface area contributed by atoms with Crippen LogP contribution in [0.4, 0.5) is 0 Å². The topological polar surface area (TPSA) is 90.5 Å². The van der Waals surface area contributed by atoms with Crippen LogP contribution in [0.2, 0.25) is 0 Å². The van der Waals surface area contributed by atoms with E-state index in [0.717, 1.165) is 34.9 Å². The second kappa shape index (κ2) is 8.97. The minimum atomic E-state index is -0.404. The first kappa shape index (κ1) is 21.2. The summed E-state index contributed by atoms with van der Waals surface area (Å²) in [4.78, 5) is 36.9. The minimum Gasteiger partial charge on any atom is -0.322 e. The highest BCUT2D eigenvalue weighted by atomic mass is 32.2. The molecule has 0 aliphatic carbocycles. The van der Waals surface area contributed by atoms with Gasteiger partial charge in [-0.1, -0.05) is 43.3 Å². The number of aryl methyl sites for hydroxylation is 2. The summed E-state index contributed by atoms with van der Waals surface area (Å²) in [5, 5.41) is 0.869. The van der Waals surface area contributed by atoms with Crippen LogP contribution >= 0.6 is 11.8 Å². The average Bonchev–Trinajstić information content (AvgIpc) is 3.31. The van der Waals surface area contributed by atoms with Crippen molar-refractivity contribution in [3.05, 3.63) is 63.6 Å². The zero-order chi connectivity index (χ0) is 22.0. The molecule has 0 bridgehead atoms. The maximum absolute atomic E-state index is 12.6. The fourth-order valence-corrected chi connectivity index (χ4v) is 4.76. The molecular formula is C22H26N6O2S. The van der Waals surface area contributed by atoms with Crippen molar-refractivity contribution in [3.63, 3.8) is 0 Å². The van der Waals surface area contributed by atoms with Crippen LogP contribution in [0.5, 0.6) is 0 Å². The molecule has 1 N–H and O–H groups in total. The van der Waals surface area contributed by atoms with Crippen LogP contribution in [-0.4, -0.2) is 28.7 Å². The van der Waals surface area contributed by atoms with E-state index in [2.05, 4.69) is 23.1 Å². The van der Waals surface area contributed by atoms with Gasteiger partial charge in [-0.2, -0.15) is 0 Å². The first-order valence-electron chi connectivity index (χ1n) is 10.5. The maximum atomic E-state index is 12.6. The van der Waals surface area contributed by atoms with E-state index in [1.54, 1.807) is 16.3 Å². The number of imidazole rings is 2. The first-order chi connectivity index (χ1) is 15.1. The molecule has 31 heavy (non-hydrogen) atoms. The van der Waals surface area contributed by atoms with E-state index in [0.29, 0.717) is 36.6 Å². The fraction of sp³-hybridized carbons (Fsp3) is 0.364. The number of allylic oxidation sites excluding steroid dienone is 1. The number of aromatic amines is 1. The number of para-hydroxylation sites is 2. The van der Waals surface area contributed by atoms with Gasteiger partial charge in [0.05, 0.1) is 16.8 Å². The van der Waals surface area contributed by atoms with Gasteiger partial charge in [-0.3, -0.25) is 14.3 Å². The van der Waals surface area contributed by atoms with E-state index in [1.165, 1.54) is 0 Å². The van der Waals surface area contributed by atoms with Crippen molar-refractivity contribution in [3.8, 4) is 0 Å². The third kappa shape index (κ3) is 3.85. The highest BCUT2D eigenvalue weighted by Crippen LogP contribution is 2.27. The van der Waals surface area contributed by atoms with Crippen molar-refractivity contribution in [2.75, 3.05) is 0 Å². The Morgan fingerprint density at radius 1 is 1.13 bits per heavy atom. The Labute approximate surface area is 183 Å². The minimum absolute atomic E-state index is 0.391. The van der Waals surface area contributed by atoms with Crippen LogP contribution in [0.1, 0.15) is 32.5 Å². The van der Waals surface area contributed by atoms with Crippen molar-refractivity contribution in [2.24, 2.45) is 0 Å². The van der Waals surface area contributed by atoms with Crippen molar-refractivity contribution >= 4 is 34.0 Å². The Kier molecular flexibility index (Phi) is 6.13. The van der Waals surface area contributed by atoms with E-state index in [4.69, 9.17) is 9.97 Å². The predicted octanol–water partition coefficient (Wildman–Crippen LogP) is 3.53. The van der Waals surface area contributed by atoms with Gasteiger partial charge in [0.1, 0.15) is 5.82 Å². The Bertz CT molecular complexity index is 1360. The SMILES string of the molecule is C=CCn1c(SCc2nc3c(c(=O)[nH]c(=O)n3CCCC)n2CC)nc2ccccc21. The molecule has 1 aromatic carbocycles. The molecule has 0 atom stereocenters. The molecule has 0 amide bonds. The number of rotatable bonds is 9. The summed E-state index contributed by atoms with van der Waals surface area (Å²) in [5.41, 5.74) is 2.10. The number of benzene rings is 1. The molecule has 0 fully saturated rings. The number of hydrogen-bond donors (Lipinski definition) is 1. The number of nitrogens with zero attached hydrogens (tertiary/aromatic N) is 5. The molecule has 162 valence electrons. The molecule has 0 radical (unpaired) electrons. The molecule has 9 heteroatoms. The number of fused-ring (bicyclic) bond motifs is 2. The zero-order valence-corrected chi connectivity index (χ0v) is 18.6. The first-order valence-corrected chi connectivity index (χ1v) is 11.5. The van der Waals surface area contributed by atoms with Crippen LogP contribution in [0, 0.1) is 0 Å². The third-order valence-corrected chi connectivity index (χ3v) is 6.25. The van der Waals surface area contributed by atoms with E-state index in [9.17, 15) is 9.59 Å². The number of thioether (sulfide) groups is 1. The van der Waals surface area contributed by atoms with Crippen LogP contribution < -0.4 is 11.2 Å². The molecule has 3 heterocycles. The van der Waals surface area contributed by atoms with Gasteiger partial charge in [0.15, 0.2) is 16.3 Å². The number of nitrogens with one attached hydrogen (secondary N) is 1. The van der Waals surface area contributed by atoms with E-state index in [-0.39, 0.29) is 0 Å². The summed E-state index contributed by atoms with van der Waals surface area (Å²) in [6.07, 6.45) is 3.64. The van der Waals surface area contributed by atoms with Crippen molar-refractivity contribution < 1.29 is 0 Å². The lowest BCUT2D eigenvalue weighted by Crippen LogP contribution is -2.31. The zero-order valence-electron chi connectivity index (χ0n) is 17.8. The monoisotopic (exact) mass is 438 g/mol. The second-order valence-corrected chi connectivity index (χ2v) is 8.22. The standard InChI is InChI=1S/C22H26N6O2S/c1-4-7-13-28-19-18(20(29)25-21(28)30)26(6-3)17(24-19)14-31-22-23-15-10-8-9-11-16(15)27(22)12-5-2/h5,8-11H,2,4,6-7,12-14H2,1,3H3,(H,25,29,30). The molecule has 0 spiro atoms. The summed E-state index contributed by atoms with van der Waals surface area (Å²) in [6, 6.07) is 8.01. The summed E-state index contributed by atoms with van der Waals surface area (Å²) < 4.78 is 5.59. The molecule has 4 rings (SSSR count). The van der Waals surface area contributed by atoms with Gasteiger partial charge >= 0.3 is 5.69 Å². The maximum Gasteiger partial charge on any atom is 0.330 e. The number of unbranched alkanes of at least 4 members (excludes halogenated alkanes) is 1. The number of H-pyrrole nitrogens is 1. The summed E-state index contributed by atoms with van der Waals surface area (Å²) in [6.45, 7) is 9.68. The number of hydrogen-bond acceptors (Lipinski definition) is 5. The molecule has 0 saturated carbocycles. The smallest absolute Gasteiger partial charge is 0.322 e. The van der Waals surface area contributed by atoms with Crippen LogP contribution in [0.3, 0.4) is 0 Å². The molecule has 0 aliphatic heterocycles. The Morgan fingerprint density at radius 2 is 1.94 bits per heavy atom. The molecule has 0 aliphatic rings. The number of aromatic nitrogens is 6. The van der Waals surface area contributed by atoms with Gasteiger partial charge in [0.25, 0.3) is 5.56 Å². The van der Waals surface area contributed by atoms with Crippen molar-refractivity contribution in [1.29, 1.82) is 0 Å². The highest BCUT2D eigenvalue weighted by Gasteiger charge is 2.19. The quantitative estimate of drug-likeness (QED) is 0.319. The normalized spacial score (nSPS) is 11.5. The highest BCUT2D eigenvalue weighted by molar-refractivity contribution is 7.98. The lowest BCUT2D eigenvalue weighted by molar-refractivity contribution is 0.613. The largest absolute Gasteiger partial charge is 0.330 e. The van der Waals surface area contributed by atoms with Gasteiger partial charge in [-0.25, -0.2) is 14.8 Å². The van der Waals surface area contributed by atoms with Crippen LogP contribution in [0.25, 0.3) is 22.2 Å². The molecule has 0 unspecified atom stereocenters. The van der Waals surface area contributed by atoms with Gasteiger partial charge in [0.2, 0.25) is 0 Å². The Hall–Kier alpha value is -3.07. The van der Waals surface area contributed by atoms with Crippen molar-refractivity contribution in [2.45, 2.75) is 57.2 Å². The predicted molar refractivity (Wildman–Crippen MR) is 125 cm³/mol. The van der Waals surface area contributed by atoms with E-state index < -0.39 is 11.2 Å². The summed E-state index contributed by atoms with van der Waals surface area (Å²) in [5.74, 6) is 1.28. The molecule has 0 saturated heterocycles. The van der Waals surface area contributed by atoms with Gasteiger partial charge < -0.3 is 9.13 Å². The van der Waals surface area contributed by atoms with E-state index in [1.807, 2.05) is 41.8 Å². The van der Waals surface area contributed by atoms with Crippen molar-refractivity contribution in [1.82, 2.24) is 28.7 Å². The second-order valence-electron chi connectivity index (χ2n) is 7.28. The molecule has 8 nitrogen and oxygen atoms in total. The van der Waals surface area contributed by atoms with Gasteiger partial charge in [0, 0.05) is 19.6 Å². The average molecular weight is 439 g/mol. The Balaban J connectivity index is 1.76. The van der Waals surface area contributed by atoms with E-state index >= 15 is 0 Å². The summed E-state index contributed by atoms with van der Waals surface area (Å²) >= 11 is 1.57. The fourth-order valence-electron chi connectivity index (χ4n) is 3.79.